The highest BCUT2D eigenvalue weighted by Gasteiger charge is 2.21. The van der Waals surface area contributed by atoms with Crippen LogP contribution in [-0.2, 0) is 24.8 Å². The summed E-state index contributed by atoms with van der Waals surface area (Å²) in [5, 5.41) is 4.54. The quantitative estimate of drug-likeness (QED) is 0.879. The van der Waals surface area contributed by atoms with Gasteiger partial charge < -0.3 is 9.88 Å². The maximum Gasteiger partial charge on any atom is 0.242 e. The molecule has 2 aromatic rings. The first-order valence-electron chi connectivity index (χ1n) is 7.54. The molecule has 0 atom stereocenters. The summed E-state index contributed by atoms with van der Waals surface area (Å²) in [7, 11) is 1.90. The smallest absolute Gasteiger partial charge is 0.242 e. The van der Waals surface area contributed by atoms with E-state index in [2.05, 4.69) is 17.0 Å². The Morgan fingerprint density at radius 1 is 1.38 bits per heavy atom. The molecule has 0 bridgehead atoms. The van der Waals surface area contributed by atoms with Gasteiger partial charge in [-0.05, 0) is 31.5 Å². The number of aryl methyl sites for hydroxylation is 2. The highest BCUT2D eigenvalue weighted by atomic mass is 32.1. The number of rotatable bonds is 4. The van der Waals surface area contributed by atoms with E-state index >= 15 is 0 Å². The van der Waals surface area contributed by atoms with Gasteiger partial charge in [0.2, 0.25) is 5.91 Å². The van der Waals surface area contributed by atoms with Gasteiger partial charge in [0.1, 0.15) is 12.1 Å². The number of carbonyl (C=O) groups is 1. The van der Waals surface area contributed by atoms with Crippen LogP contribution in [0.2, 0.25) is 0 Å². The maximum atomic E-state index is 12.4. The predicted molar refractivity (Wildman–Crippen MR) is 83.7 cm³/mol. The Morgan fingerprint density at radius 3 is 2.76 bits per heavy atom. The molecule has 1 aliphatic rings. The number of fused-ring (bicyclic) bond motifs is 1. The zero-order valence-electron chi connectivity index (χ0n) is 12.6. The normalized spacial score (nSPS) is 15.2. The van der Waals surface area contributed by atoms with E-state index < -0.39 is 0 Å². The van der Waals surface area contributed by atoms with Crippen molar-refractivity contribution in [2.24, 2.45) is 7.05 Å². The van der Waals surface area contributed by atoms with Crippen molar-refractivity contribution in [2.45, 2.75) is 39.2 Å². The van der Waals surface area contributed by atoms with Crippen LogP contribution in [0.1, 0.15) is 31.9 Å². The Kier molecular flexibility index (Phi) is 3.84. The monoisotopic (exact) mass is 307 g/mol. The van der Waals surface area contributed by atoms with Crippen molar-refractivity contribution in [3.63, 3.8) is 0 Å². The fourth-order valence-electron chi connectivity index (χ4n) is 3.04. The molecule has 0 radical (unpaired) electrons. The molecule has 1 N–H and O–H groups in total. The summed E-state index contributed by atoms with van der Waals surface area (Å²) in [5.74, 6) is 0.141. The second-order valence-corrected chi connectivity index (χ2v) is 6.01. The zero-order valence-corrected chi connectivity index (χ0v) is 13.4. The van der Waals surface area contributed by atoms with Crippen LogP contribution < -0.4 is 0 Å². The highest BCUT2D eigenvalue weighted by Crippen LogP contribution is 2.19. The van der Waals surface area contributed by atoms with E-state index in [1.165, 1.54) is 0 Å². The number of aromatic amines is 1. The highest BCUT2D eigenvalue weighted by molar-refractivity contribution is 7.71. The van der Waals surface area contributed by atoms with Crippen molar-refractivity contribution >= 4 is 29.3 Å². The second-order valence-electron chi connectivity index (χ2n) is 5.62. The molecule has 0 aliphatic carbocycles. The minimum atomic E-state index is 0.141. The maximum absolute atomic E-state index is 12.4. The Hall–Kier alpha value is -1.63. The number of nitrogens with zero attached hydrogens (tertiary/aromatic N) is 4. The SMILES string of the molecule is CCCc1nn(C)c2c1[nH]c(=S)n2CC(=O)N1CCCC1. The molecule has 2 aromatic heterocycles. The third kappa shape index (κ3) is 2.50. The lowest BCUT2D eigenvalue weighted by atomic mass is 10.2. The molecule has 1 fully saturated rings. The van der Waals surface area contributed by atoms with Crippen LogP contribution in [0.15, 0.2) is 0 Å². The van der Waals surface area contributed by atoms with Crippen molar-refractivity contribution in [3.8, 4) is 0 Å². The van der Waals surface area contributed by atoms with Gasteiger partial charge >= 0.3 is 0 Å². The van der Waals surface area contributed by atoms with E-state index in [0.717, 1.165) is 55.6 Å². The second kappa shape index (κ2) is 5.63. The van der Waals surface area contributed by atoms with Gasteiger partial charge in [-0.15, -0.1) is 0 Å². The molecule has 0 aromatic carbocycles. The molecule has 21 heavy (non-hydrogen) atoms. The zero-order chi connectivity index (χ0) is 15.0. The molecule has 1 aliphatic heterocycles. The minimum absolute atomic E-state index is 0.141. The molecule has 6 nitrogen and oxygen atoms in total. The predicted octanol–water partition coefficient (Wildman–Crippen LogP) is 2.01. The van der Waals surface area contributed by atoms with Crippen molar-refractivity contribution in [3.05, 3.63) is 10.5 Å². The Bertz CT molecular complexity index is 720. The first kappa shape index (κ1) is 14.3. The average molecular weight is 307 g/mol. The molecule has 3 rings (SSSR count). The lowest BCUT2D eigenvalue weighted by molar-refractivity contribution is -0.130. The number of imidazole rings is 1. The number of aromatic nitrogens is 4. The summed E-state index contributed by atoms with van der Waals surface area (Å²) in [6.45, 7) is 4.16. The molecular formula is C14H21N5OS. The van der Waals surface area contributed by atoms with E-state index in [4.69, 9.17) is 12.2 Å². The molecule has 1 amide bonds. The van der Waals surface area contributed by atoms with Crippen LogP contribution in [-0.4, -0.2) is 43.2 Å². The number of amides is 1. The summed E-state index contributed by atoms with van der Waals surface area (Å²) >= 11 is 5.40. The van der Waals surface area contributed by atoms with Gasteiger partial charge in [-0.2, -0.15) is 5.10 Å². The first-order valence-corrected chi connectivity index (χ1v) is 7.94. The van der Waals surface area contributed by atoms with Crippen molar-refractivity contribution in [1.82, 2.24) is 24.2 Å². The number of hydrogen-bond donors (Lipinski definition) is 1. The van der Waals surface area contributed by atoms with Gasteiger partial charge in [-0.3, -0.25) is 14.0 Å². The molecule has 114 valence electrons. The van der Waals surface area contributed by atoms with E-state index in [-0.39, 0.29) is 5.91 Å². The fourth-order valence-corrected chi connectivity index (χ4v) is 3.29. The molecule has 0 saturated carbocycles. The Balaban J connectivity index is 1.96. The van der Waals surface area contributed by atoms with Gasteiger partial charge in [0.25, 0.3) is 0 Å². The molecule has 3 heterocycles. The lowest BCUT2D eigenvalue weighted by Gasteiger charge is -2.15. The van der Waals surface area contributed by atoms with E-state index in [9.17, 15) is 4.79 Å². The number of nitrogens with one attached hydrogen (secondary N) is 1. The van der Waals surface area contributed by atoms with Crippen LogP contribution in [0, 0.1) is 4.77 Å². The van der Waals surface area contributed by atoms with Gasteiger partial charge in [-0.1, -0.05) is 13.3 Å². The van der Waals surface area contributed by atoms with Gasteiger partial charge in [0, 0.05) is 20.1 Å². The topological polar surface area (TPSA) is 58.9 Å². The fraction of sp³-hybridized carbons (Fsp3) is 0.643. The molecule has 1 saturated heterocycles. The minimum Gasteiger partial charge on any atom is -0.341 e. The number of carbonyl (C=O) groups excluding carboxylic acids is 1. The van der Waals surface area contributed by atoms with Crippen LogP contribution in [0.4, 0.5) is 0 Å². The van der Waals surface area contributed by atoms with E-state index in [0.29, 0.717) is 11.3 Å². The third-order valence-corrected chi connectivity index (χ3v) is 4.38. The van der Waals surface area contributed by atoms with Crippen molar-refractivity contribution in [1.29, 1.82) is 0 Å². The van der Waals surface area contributed by atoms with Crippen LogP contribution in [0.25, 0.3) is 11.2 Å². The first-order chi connectivity index (χ1) is 10.1. The summed E-state index contributed by atoms with van der Waals surface area (Å²) in [6.07, 6.45) is 4.15. The molecule has 0 spiro atoms. The van der Waals surface area contributed by atoms with Crippen molar-refractivity contribution in [2.75, 3.05) is 13.1 Å². The number of likely N-dealkylation sites (tertiary alicyclic amines) is 1. The summed E-state index contributed by atoms with van der Waals surface area (Å²) < 4.78 is 4.30. The summed E-state index contributed by atoms with van der Waals surface area (Å²) in [6, 6.07) is 0. The van der Waals surface area contributed by atoms with Gasteiger partial charge in [-0.25, -0.2) is 0 Å². The number of H-pyrrole nitrogens is 1. The third-order valence-electron chi connectivity index (χ3n) is 4.06. The van der Waals surface area contributed by atoms with E-state index in [1.807, 2.05) is 21.2 Å². The van der Waals surface area contributed by atoms with Crippen molar-refractivity contribution < 1.29 is 4.79 Å². The molecular weight excluding hydrogens is 286 g/mol. The Morgan fingerprint density at radius 2 is 2.10 bits per heavy atom. The average Bonchev–Trinajstić information content (AvgIpc) is 3.12. The van der Waals surface area contributed by atoms with Crippen LogP contribution >= 0.6 is 12.2 Å². The summed E-state index contributed by atoms with van der Waals surface area (Å²) in [5.41, 5.74) is 2.91. The standard InChI is InChI=1S/C14H21N5OS/c1-3-6-10-12-13(17(2)16-10)19(14(21)15-12)9-11(20)18-7-4-5-8-18/h3-9H2,1-2H3,(H,15,21). The van der Waals surface area contributed by atoms with Gasteiger partial charge in [0.15, 0.2) is 10.4 Å². The van der Waals surface area contributed by atoms with Gasteiger partial charge in [0.05, 0.1) is 5.69 Å². The van der Waals surface area contributed by atoms with Crippen LogP contribution in [0.3, 0.4) is 0 Å². The lowest BCUT2D eigenvalue weighted by Crippen LogP contribution is -2.31. The summed E-state index contributed by atoms with van der Waals surface area (Å²) in [4.78, 5) is 17.5. The molecule has 7 heteroatoms. The Labute approximate surface area is 128 Å². The van der Waals surface area contributed by atoms with Crippen LogP contribution in [0.5, 0.6) is 0 Å². The largest absolute Gasteiger partial charge is 0.341 e. The van der Waals surface area contributed by atoms with E-state index in [1.54, 1.807) is 0 Å². The number of hydrogen-bond acceptors (Lipinski definition) is 3. The molecule has 0 unspecified atom stereocenters.